The molecule has 0 fully saturated rings. The van der Waals surface area contributed by atoms with Crippen molar-refractivity contribution in [2.24, 2.45) is 0 Å². The molecule has 0 saturated carbocycles. The molecule has 1 aliphatic heterocycles. The third kappa shape index (κ3) is 1.98. The van der Waals surface area contributed by atoms with Crippen LogP contribution >= 0.6 is 0 Å². The standard InChI is InChI=1S/C9H8O.Ca.2H/c1-2-6-9-8(4-1)5-3-7-10-9;;;/h1-6H,7H2;;;/q;+2;2*-1. The SMILES string of the molecule is C1=Cc2ccccc2OC1.[Ca+2].[H-].[H-]. The summed E-state index contributed by atoms with van der Waals surface area (Å²) in [5.41, 5.74) is 1.17. The van der Waals surface area contributed by atoms with E-state index in [-0.39, 0.29) is 40.6 Å². The van der Waals surface area contributed by atoms with Crippen LogP contribution in [0, 0.1) is 0 Å². The zero-order chi connectivity index (χ0) is 6.81. The Labute approximate surface area is 99.0 Å². The summed E-state index contributed by atoms with van der Waals surface area (Å²) in [6, 6.07) is 8.03. The van der Waals surface area contributed by atoms with Gasteiger partial charge in [0.05, 0.1) is 0 Å². The van der Waals surface area contributed by atoms with Crippen LogP contribution in [0.15, 0.2) is 30.3 Å². The van der Waals surface area contributed by atoms with E-state index in [0.717, 1.165) is 5.75 Å². The molecule has 0 saturated heterocycles. The molecule has 54 valence electrons. The van der Waals surface area contributed by atoms with Gasteiger partial charge in [0.15, 0.2) is 0 Å². The number of benzene rings is 1. The van der Waals surface area contributed by atoms with Crippen molar-refractivity contribution in [2.75, 3.05) is 6.61 Å². The van der Waals surface area contributed by atoms with Crippen LogP contribution < -0.4 is 4.74 Å². The molecule has 0 bridgehead atoms. The van der Waals surface area contributed by atoms with E-state index in [0.29, 0.717) is 6.61 Å². The molecule has 0 aromatic heterocycles. The van der Waals surface area contributed by atoms with Gasteiger partial charge in [0.2, 0.25) is 0 Å². The van der Waals surface area contributed by atoms with E-state index >= 15 is 0 Å². The first-order chi connectivity index (χ1) is 4.97. The van der Waals surface area contributed by atoms with Gasteiger partial charge in [-0.05, 0) is 12.1 Å². The first-order valence-corrected chi connectivity index (χ1v) is 3.35. The van der Waals surface area contributed by atoms with Crippen molar-refractivity contribution in [3.05, 3.63) is 35.9 Å². The number of rotatable bonds is 0. The number of fused-ring (bicyclic) bond motifs is 1. The van der Waals surface area contributed by atoms with Gasteiger partial charge >= 0.3 is 37.7 Å². The molecule has 1 heterocycles. The minimum atomic E-state index is 0. The monoisotopic (exact) mass is 174 g/mol. The summed E-state index contributed by atoms with van der Waals surface area (Å²) >= 11 is 0. The van der Waals surface area contributed by atoms with E-state index < -0.39 is 0 Å². The average molecular weight is 174 g/mol. The van der Waals surface area contributed by atoms with Crippen molar-refractivity contribution >= 4 is 43.8 Å². The van der Waals surface area contributed by atoms with Gasteiger partial charge in [-0.3, -0.25) is 0 Å². The first-order valence-electron chi connectivity index (χ1n) is 3.35. The molecule has 0 atom stereocenters. The van der Waals surface area contributed by atoms with Crippen LogP contribution in [-0.4, -0.2) is 44.3 Å². The fraction of sp³-hybridized carbons (Fsp3) is 0.111. The molecule has 1 aliphatic rings. The Balaban J connectivity index is 0. The Morgan fingerprint density at radius 3 is 2.91 bits per heavy atom. The van der Waals surface area contributed by atoms with Gasteiger partial charge in [0.25, 0.3) is 0 Å². The smallest absolute Gasteiger partial charge is 1.00 e. The second kappa shape index (κ2) is 4.15. The zero-order valence-corrected chi connectivity index (χ0v) is 8.49. The largest absolute Gasteiger partial charge is 2.00 e. The van der Waals surface area contributed by atoms with Crippen LogP contribution in [0.1, 0.15) is 8.42 Å². The predicted octanol–water partition coefficient (Wildman–Crippen LogP) is 1.94. The average Bonchev–Trinajstić information content (AvgIpc) is 2.05. The van der Waals surface area contributed by atoms with Crippen molar-refractivity contribution in [3.8, 4) is 5.75 Å². The van der Waals surface area contributed by atoms with Gasteiger partial charge < -0.3 is 7.59 Å². The van der Waals surface area contributed by atoms with Gasteiger partial charge in [-0.2, -0.15) is 0 Å². The van der Waals surface area contributed by atoms with Gasteiger partial charge in [-0.25, -0.2) is 0 Å². The molecule has 0 spiro atoms. The third-order valence-electron chi connectivity index (χ3n) is 1.55. The Kier molecular flexibility index (Phi) is 3.43. The predicted molar refractivity (Wildman–Crippen MR) is 48.9 cm³/mol. The summed E-state index contributed by atoms with van der Waals surface area (Å²) < 4.78 is 5.34. The number of ether oxygens (including phenoxy) is 1. The molecule has 2 heteroatoms. The minimum absolute atomic E-state index is 0. The summed E-state index contributed by atoms with van der Waals surface area (Å²) in [7, 11) is 0. The molecule has 2 rings (SSSR count). The summed E-state index contributed by atoms with van der Waals surface area (Å²) in [4.78, 5) is 0. The Morgan fingerprint density at radius 2 is 2.09 bits per heavy atom. The van der Waals surface area contributed by atoms with Gasteiger partial charge in [0, 0.05) is 5.56 Å². The maximum absolute atomic E-state index is 5.34. The van der Waals surface area contributed by atoms with Crippen LogP contribution in [0.25, 0.3) is 6.08 Å². The van der Waals surface area contributed by atoms with Gasteiger partial charge in [-0.15, -0.1) is 0 Å². The Hall–Kier alpha value is 0.0197. The van der Waals surface area contributed by atoms with Gasteiger partial charge in [-0.1, -0.05) is 24.3 Å². The maximum Gasteiger partial charge on any atom is 2.00 e. The van der Waals surface area contributed by atoms with E-state index in [1.54, 1.807) is 0 Å². The van der Waals surface area contributed by atoms with E-state index in [2.05, 4.69) is 6.08 Å². The molecular formula is C9H10CaO. The molecule has 11 heavy (non-hydrogen) atoms. The first kappa shape index (κ1) is 9.11. The fourth-order valence-electron chi connectivity index (χ4n) is 1.06. The molecule has 0 unspecified atom stereocenters. The number of hydrogen-bond acceptors (Lipinski definition) is 1. The van der Waals surface area contributed by atoms with E-state index in [1.165, 1.54) is 5.56 Å². The van der Waals surface area contributed by atoms with Gasteiger partial charge in [0.1, 0.15) is 12.4 Å². The van der Waals surface area contributed by atoms with E-state index in [9.17, 15) is 0 Å². The van der Waals surface area contributed by atoms with Crippen molar-refractivity contribution < 1.29 is 7.59 Å². The molecule has 1 nitrogen and oxygen atoms in total. The third-order valence-corrected chi connectivity index (χ3v) is 1.55. The molecular weight excluding hydrogens is 164 g/mol. The molecule has 1 aromatic rings. The molecule has 0 amide bonds. The summed E-state index contributed by atoms with van der Waals surface area (Å²) in [5, 5.41) is 0. The Bertz CT molecular complexity index is 276. The zero-order valence-electron chi connectivity index (χ0n) is 8.29. The number of para-hydroxylation sites is 1. The van der Waals surface area contributed by atoms with Crippen LogP contribution in [0.5, 0.6) is 5.75 Å². The Morgan fingerprint density at radius 1 is 1.27 bits per heavy atom. The van der Waals surface area contributed by atoms with Crippen molar-refractivity contribution in [3.63, 3.8) is 0 Å². The quantitative estimate of drug-likeness (QED) is 0.546. The van der Waals surface area contributed by atoms with Crippen molar-refractivity contribution in [1.29, 1.82) is 0 Å². The van der Waals surface area contributed by atoms with Crippen LogP contribution in [-0.2, 0) is 0 Å². The molecule has 0 N–H and O–H groups in total. The topological polar surface area (TPSA) is 9.23 Å². The van der Waals surface area contributed by atoms with Crippen LogP contribution in [0.4, 0.5) is 0 Å². The minimum Gasteiger partial charge on any atom is -1.00 e. The molecule has 0 aliphatic carbocycles. The molecule has 0 radical (unpaired) electrons. The van der Waals surface area contributed by atoms with E-state index in [4.69, 9.17) is 4.74 Å². The maximum atomic E-state index is 5.34. The summed E-state index contributed by atoms with van der Waals surface area (Å²) in [6.07, 6.45) is 4.10. The number of hydrogen-bond donors (Lipinski definition) is 0. The molecule has 1 aromatic carbocycles. The second-order valence-corrected chi connectivity index (χ2v) is 2.25. The fourth-order valence-corrected chi connectivity index (χ4v) is 1.06. The van der Waals surface area contributed by atoms with Crippen LogP contribution in [0.2, 0.25) is 0 Å². The normalized spacial score (nSPS) is 12.7. The summed E-state index contributed by atoms with van der Waals surface area (Å²) in [6.45, 7) is 0.705. The van der Waals surface area contributed by atoms with Crippen LogP contribution in [0.3, 0.4) is 0 Å². The van der Waals surface area contributed by atoms with Crippen molar-refractivity contribution in [2.45, 2.75) is 0 Å². The second-order valence-electron chi connectivity index (χ2n) is 2.25. The van der Waals surface area contributed by atoms with Crippen molar-refractivity contribution in [1.82, 2.24) is 0 Å². The summed E-state index contributed by atoms with van der Waals surface area (Å²) in [5.74, 6) is 0.991. The van der Waals surface area contributed by atoms with E-state index in [1.807, 2.05) is 30.3 Å².